The number of ether oxygens (including phenoxy) is 1. The Labute approximate surface area is 120 Å². The molecule has 0 spiro atoms. The van der Waals surface area contributed by atoms with E-state index in [0.717, 1.165) is 25.1 Å². The summed E-state index contributed by atoms with van der Waals surface area (Å²) >= 11 is 1.71. The summed E-state index contributed by atoms with van der Waals surface area (Å²) < 4.78 is 29.5. The van der Waals surface area contributed by atoms with Gasteiger partial charge in [-0.1, -0.05) is 0 Å². The van der Waals surface area contributed by atoms with Crippen molar-refractivity contribution < 1.29 is 13.2 Å². The normalized spacial score (nSPS) is 29.1. The quantitative estimate of drug-likeness (QED) is 0.753. The molecule has 2 fully saturated rings. The molecule has 0 aromatic heterocycles. The molecule has 1 aliphatic carbocycles. The average Bonchev–Trinajstić information content (AvgIpc) is 3.20. The lowest BCUT2D eigenvalue weighted by atomic mass is 9.91. The molecule has 0 amide bonds. The Morgan fingerprint density at radius 3 is 2.63 bits per heavy atom. The van der Waals surface area contributed by atoms with Crippen LogP contribution in [0.25, 0.3) is 0 Å². The van der Waals surface area contributed by atoms with Crippen LogP contribution in [0.4, 0.5) is 0 Å². The molecule has 0 aromatic rings. The predicted molar refractivity (Wildman–Crippen MR) is 79.0 cm³/mol. The van der Waals surface area contributed by atoms with E-state index < -0.39 is 15.2 Å². The van der Waals surface area contributed by atoms with Crippen LogP contribution < -0.4 is 5.73 Å². The number of hydrogen-bond donors (Lipinski definition) is 1. The van der Waals surface area contributed by atoms with Crippen LogP contribution in [0.1, 0.15) is 12.8 Å². The third-order valence-corrected chi connectivity index (χ3v) is 6.88. The maximum absolute atomic E-state index is 12.1. The molecule has 2 N–H and O–H groups in total. The van der Waals surface area contributed by atoms with Gasteiger partial charge in [0.05, 0.1) is 12.1 Å². The Morgan fingerprint density at radius 2 is 2.16 bits per heavy atom. The van der Waals surface area contributed by atoms with E-state index in [4.69, 9.17) is 10.5 Å². The first-order valence-electron chi connectivity index (χ1n) is 6.68. The summed E-state index contributed by atoms with van der Waals surface area (Å²) in [7, 11) is -1.43. The zero-order valence-corrected chi connectivity index (χ0v) is 13.3. The SMILES string of the molecule is COCC(CN)(C1CC1)N1CCSCC1S(C)(=O)=O. The van der Waals surface area contributed by atoms with E-state index in [0.29, 0.717) is 24.8 Å². The summed E-state index contributed by atoms with van der Waals surface area (Å²) in [5.41, 5.74) is 5.75. The van der Waals surface area contributed by atoms with Crippen molar-refractivity contribution in [2.75, 3.05) is 44.6 Å². The van der Waals surface area contributed by atoms with E-state index in [1.807, 2.05) is 0 Å². The Balaban J connectivity index is 2.32. The van der Waals surface area contributed by atoms with Crippen LogP contribution in [0.5, 0.6) is 0 Å². The third-order valence-electron chi connectivity index (χ3n) is 4.24. The lowest BCUT2D eigenvalue weighted by Crippen LogP contribution is -2.65. The molecule has 0 bridgehead atoms. The summed E-state index contributed by atoms with van der Waals surface area (Å²) in [6.07, 6.45) is 3.58. The van der Waals surface area contributed by atoms with Crippen LogP contribution in [0, 0.1) is 5.92 Å². The van der Waals surface area contributed by atoms with E-state index in [1.165, 1.54) is 6.26 Å². The molecule has 19 heavy (non-hydrogen) atoms. The monoisotopic (exact) mass is 308 g/mol. The van der Waals surface area contributed by atoms with Gasteiger partial charge in [0, 0.05) is 38.0 Å². The first-order chi connectivity index (χ1) is 8.95. The molecule has 1 heterocycles. The molecule has 2 atom stereocenters. The van der Waals surface area contributed by atoms with Crippen molar-refractivity contribution in [2.45, 2.75) is 23.8 Å². The highest BCUT2D eigenvalue weighted by atomic mass is 32.2. The minimum atomic E-state index is -3.10. The van der Waals surface area contributed by atoms with E-state index >= 15 is 0 Å². The fraction of sp³-hybridized carbons (Fsp3) is 1.00. The molecule has 112 valence electrons. The minimum absolute atomic E-state index is 0.302. The lowest BCUT2D eigenvalue weighted by Gasteiger charge is -2.48. The van der Waals surface area contributed by atoms with Crippen molar-refractivity contribution in [3.05, 3.63) is 0 Å². The number of nitrogens with zero attached hydrogens (tertiary/aromatic N) is 1. The molecule has 1 saturated carbocycles. The van der Waals surface area contributed by atoms with Gasteiger partial charge < -0.3 is 10.5 Å². The van der Waals surface area contributed by atoms with Crippen LogP contribution in [-0.4, -0.2) is 68.8 Å². The van der Waals surface area contributed by atoms with E-state index in [9.17, 15) is 8.42 Å². The minimum Gasteiger partial charge on any atom is -0.383 e. The molecule has 2 aliphatic rings. The Hall–Kier alpha value is 0.180. The highest BCUT2D eigenvalue weighted by molar-refractivity contribution is 8.00. The number of hydrogen-bond acceptors (Lipinski definition) is 6. The van der Waals surface area contributed by atoms with Crippen molar-refractivity contribution >= 4 is 21.6 Å². The maximum Gasteiger partial charge on any atom is 0.164 e. The van der Waals surface area contributed by atoms with Crippen LogP contribution in [0.2, 0.25) is 0 Å². The van der Waals surface area contributed by atoms with Crippen molar-refractivity contribution in [2.24, 2.45) is 11.7 Å². The number of rotatable bonds is 6. The highest BCUT2D eigenvalue weighted by Gasteiger charge is 2.52. The summed E-state index contributed by atoms with van der Waals surface area (Å²) in [5.74, 6) is 2.08. The first kappa shape index (κ1) is 15.6. The molecule has 5 nitrogen and oxygen atoms in total. The number of methoxy groups -OCH3 is 1. The zero-order valence-electron chi connectivity index (χ0n) is 11.7. The van der Waals surface area contributed by atoms with Crippen molar-refractivity contribution in [3.63, 3.8) is 0 Å². The van der Waals surface area contributed by atoms with E-state index in [2.05, 4.69) is 4.90 Å². The van der Waals surface area contributed by atoms with Crippen molar-refractivity contribution in [1.82, 2.24) is 4.90 Å². The molecular weight excluding hydrogens is 284 g/mol. The molecule has 1 aliphatic heterocycles. The molecular formula is C12H24N2O3S2. The van der Waals surface area contributed by atoms with Gasteiger partial charge in [-0.25, -0.2) is 8.42 Å². The lowest BCUT2D eigenvalue weighted by molar-refractivity contribution is -0.00358. The standard InChI is InChI=1S/C12H24N2O3S2/c1-17-9-12(8-13,10-3-4-10)14-5-6-18-7-11(14)19(2,15)16/h10-11H,3-9,13H2,1-2H3. The fourth-order valence-corrected chi connectivity index (χ4v) is 6.02. The average molecular weight is 308 g/mol. The van der Waals surface area contributed by atoms with Gasteiger partial charge in [0.25, 0.3) is 0 Å². The van der Waals surface area contributed by atoms with Crippen LogP contribution in [0.15, 0.2) is 0 Å². The van der Waals surface area contributed by atoms with Gasteiger partial charge in [0.2, 0.25) is 0 Å². The molecule has 1 saturated heterocycles. The van der Waals surface area contributed by atoms with Gasteiger partial charge >= 0.3 is 0 Å². The highest BCUT2D eigenvalue weighted by Crippen LogP contribution is 2.45. The molecule has 7 heteroatoms. The Morgan fingerprint density at radius 1 is 1.47 bits per heavy atom. The molecule has 0 radical (unpaired) electrons. The van der Waals surface area contributed by atoms with Crippen LogP contribution in [0.3, 0.4) is 0 Å². The summed E-state index contributed by atoms with van der Waals surface area (Å²) in [4.78, 5) is 2.12. The molecule has 2 unspecified atom stereocenters. The van der Waals surface area contributed by atoms with Crippen molar-refractivity contribution in [1.29, 1.82) is 0 Å². The Kier molecular flexibility index (Phi) is 4.83. The van der Waals surface area contributed by atoms with E-state index in [-0.39, 0.29) is 5.54 Å². The van der Waals surface area contributed by atoms with Gasteiger partial charge in [-0.15, -0.1) is 0 Å². The second kappa shape index (κ2) is 5.89. The van der Waals surface area contributed by atoms with Crippen molar-refractivity contribution in [3.8, 4) is 0 Å². The van der Waals surface area contributed by atoms with E-state index in [1.54, 1.807) is 18.9 Å². The Bertz CT molecular complexity index is 411. The summed E-state index contributed by atoms with van der Waals surface area (Å²) in [6, 6.07) is 0. The number of nitrogens with two attached hydrogens (primary N) is 1. The zero-order chi connectivity index (χ0) is 14.1. The summed E-state index contributed by atoms with van der Waals surface area (Å²) in [6.45, 7) is 1.76. The second-order valence-electron chi connectivity index (χ2n) is 5.57. The number of sulfone groups is 1. The topological polar surface area (TPSA) is 72.6 Å². The second-order valence-corrected chi connectivity index (χ2v) is 8.92. The molecule has 2 rings (SSSR count). The first-order valence-corrected chi connectivity index (χ1v) is 9.79. The third kappa shape index (κ3) is 3.10. The van der Waals surface area contributed by atoms with Gasteiger partial charge in [0.1, 0.15) is 5.37 Å². The fourth-order valence-electron chi connectivity index (χ4n) is 3.09. The largest absolute Gasteiger partial charge is 0.383 e. The van der Waals surface area contributed by atoms with Gasteiger partial charge in [-0.3, -0.25) is 4.90 Å². The number of thioether (sulfide) groups is 1. The van der Waals surface area contributed by atoms with Gasteiger partial charge in [-0.05, 0) is 18.8 Å². The maximum atomic E-state index is 12.1. The smallest absolute Gasteiger partial charge is 0.164 e. The van der Waals surface area contributed by atoms with Crippen LogP contribution in [-0.2, 0) is 14.6 Å². The molecule has 0 aromatic carbocycles. The van der Waals surface area contributed by atoms with Crippen LogP contribution >= 0.6 is 11.8 Å². The summed E-state index contributed by atoms with van der Waals surface area (Å²) in [5, 5.41) is -0.425. The predicted octanol–water partition coefficient (Wildman–Crippen LogP) is 0.160. The van der Waals surface area contributed by atoms with Gasteiger partial charge in [0.15, 0.2) is 9.84 Å². The van der Waals surface area contributed by atoms with Gasteiger partial charge in [-0.2, -0.15) is 11.8 Å².